The number of aryl methyl sites for hydroxylation is 1. The molecule has 1 aliphatic heterocycles. The van der Waals surface area contributed by atoms with Crippen LogP contribution < -0.4 is 5.32 Å². The van der Waals surface area contributed by atoms with Crippen LogP contribution in [0.15, 0.2) is 34.9 Å². The van der Waals surface area contributed by atoms with Gasteiger partial charge >= 0.3 is 0 Å². The second-order valence-electron chi connectivity index (χ2n) is 8.90. The number of anilines is 2. The standard InChI is InChI=1S/C23H28N4O4S/c28-13-20-12-24-23(31-20)17-5-4-16(9-17)21-11-22(27-26-21)25-19-7-6-15-3-1-2-8-32(29,30)14-18(15)10-19/h6-7,10-12,16-17,28H,1-5,8-9,13-14H2,(H2,25,26,27). The first-order valence-corrected chi connectivity index (χ1v) is 13.0. The highest BCUT2D eigenvalue weighted by molar-refractivity contribution is 7.90. The van der Waals surface area contributed by atoms with Gasteiger partial charge in [-0.3, -0.25) is 5.10 Å². The van der Waals surface area contributed by atoms with E-state index in [0.29, 0.717) is 17.6 Å². The number of rotatable bonds is 5. The van der Waals surface area contributed by atoms with E-state index in [2.05, 4.69) is 20.5 Å². The Labute approximate surface area is 187 Å². The van der Waals surface area contributed by atoms with E-state index in [1.54, 1.807) is 6.20 Å². The topological polar surface area (TPSA) is 121 Å². The number of hydrogen-bond acceptors (Lipinski definition) is 7. The van der Waals surface area contributed by atoms with Gasteiger partial charge in [-0.15, -0.1) is 0 Å². The van der Waals surface area contributed by atoms with Gasteiger partial charge in [-0.05, 0) is 61.8 Å². The second-order valence-corrected chi connectivity index (χ2v) is 11.1. The smallest absolute Gasteiger partial charge is 0.197 e. The highest BCUT2D eigenvalue weighted by atomic mass is 32.2. The first kappa shape index (κ1) is 21.2. The van der Waals surface area contributed by atoms with Crippen molar-refractivity contribution in [2.75, 3.05) is 11.1 Å². The van der Waals surface area contributed by atoms with Gasteiger partial charge in [0.1, 0.15) is 12.4 Å². The van der Waals surface area contributed by atoms with Gasteiger partial charge < -0.3 is 14.8 Å². The zero-order valence-corrected chi connectivity index (χ0v) is 18.7. The molecule has 170 valence electrons. The lowest BCUT2D eigenvalue weighted by Crippen LogP contribution is -2.14. The minimum atomic E-state index is -3.06. The number of H-pyrrole nitrogens is 1. The number of fused-ring (bicyclic) bond motifs is 1. The zero-order valence-electron chi connectivity index (χ0n) is 17.9. The van der Waals surface area contributed by atoms with Crippen LogP contribution in [0.2, 0.25) is 0 Å². The van der Waals surface area contributed by atoms with Gasteiger partial charge in [0.05, 0.1) is 17.7 Å². The number of aliphatic hydroxyl groups is 1. The number of aromatic nitrogens is 3. The Kier molecular flexibility index (Phi) is 5.77. The molecule has 2 aromatic heterocycles. The van der Waals surface area contributed by atoms with Crippen molar-refractivity contribution in [2.45, 2.75) is 62.7 Å². The van der Waals surface area contributed by atoms with E-state index >= 15 is 0 Å². The monoisotopic (exact) mass is 456 g/mol. The first-order valence-electron chi connectivity index (χ1n) is 11.2. The van der Waals surface area contributed by atoms with Crippen LogP contribution in [-0.2, 0) is 28.6 Å². The molecule has 1 saturated carbocycles. The normalized spacial score (nSPS) is 22.8. The molecule has 0 bridgehead atoms. The summed E-state index contributed by atoms with van der Waals surface area (Å²) in [6.45, 7) is -0.132. The number of sulfone groups is 1. The molecule has 0 amide bonds. The third kappa shape index (κ3) is 4.59. The van der Waals surface area contributed by atoms with Gasteiger partial charge in [-0.1, -0.05) is 6.07 Å². The Bertz CT molecular complexity index is 1200. The molecule has 1 aromatic carbocycles. The Morgan fingerprint density at radius 1 is 1.16 bits per heavy atom. The SMILES string of the molecule is O=S1(=O)CCCCc2ccc(Nc3cc(C4CCC(c5ncc(CO)o5)C4)[nH]n3)cc2C1. The molecule has 3 N–H and O–H groups in total. The van der Waals surface area contributed by atoms with Crippen LogP contribution in [0.4, 0.5) is 11.5 Å². The third-order valence-electron chi connectivity index (χ3n) is 6.55. The number of aliphatic hydroxyl groups excluding tert-OH is 1. The molecule has 3 aromatic rings. The summed E-state index contributed by atoms with van der Waals surface area (Å²) < 4.78 is 30.2. The maximum Gasteiger partial charge on any atom is 0.197 e. The van der Waals surface area contributed by atoms with Crippen molar-refractivity contribution in [2.24, 2.45) is 0 Å². The van der Waals surface area contributed by atoms with Crippen LogP contribution in [0.1, 0.15) is 72.4 Å². The Morgan fingerprint density at radius 2 is 2.03 bits per heavy atom. The lowest BCUT2D eigenvalue weighted by Gasteiger charge is -2.15. The predicted molar refractivity (Wildman–Crippen MR) is 121 cm³/mol. The van der Waals surface area contributed by atoms with Gasteiger partial charge in [0.25, 0.3) is 0 Å². The van der Waals surface area contributed by atoms with Crippen molar-refractivity contribution in [3.8, 4) is 0 Å². The average molecular weight is 457 g/mol. The third-order valence-corrected chi connectivity index (χ3v) is 8.21. The van der Waals surface area contributed by atoms with Crippen molar-refractivity contribution < 1.29 is 17.9 Å². The summed E-state index contributed by atoms with van der Waals surface area (Å²) in [6.07, 6.45) is 7.07. The van der Waals surface area contributed by atoms with Crippen molar-refractivity contribution in [1.82, 2.24) is 15.2 Å². The van der Waals surface area contributed by atoms with Crippen LogP contribution in [0.25, 0.3) is 0 Å². The lowest BCUT2D eigenvalue weighted by molar-refractivity contribution is 0.241. The Hall–Kier alpha value is -2.65. The number of oxazole rings is 1. The first-order chi connectivity index (χ1) is 15.5. The fourth-order valence-corrected chi connectivity index (χ4v) is 6.39. The molecule has 5 rings (SSSR count). The van der Waals surface area contributed by atoms with E-state index in [9.17, 15) is 13.5 Å². The maximum atomic E-state index is 12.3. The molecule has 1 fully saturated rings. The molecule has 0 radical (unpaired) electrons. The summed E-state index contributed by atoms with van der Waals surface area (Å²) in [6, 6.07) is 7.99. The molecule has 2 unspecified atom stereocenters. The number of hydrogen-bond donors (Lipinski definition) is 3. The molecule has 2 atom stereocenters. The van der Waals surface area contributed by atoms with Crippen molar-refractivity contribution >= 4 is 21.3 Å². The van der Waals surface area contributed by atoms with Crippen LogP contribution in [-0.4, -0.2) is 34.5 Å². The van der Waals surface area contributed by atoms with E-state index in [1.807, 2.05) is 24.3 Å². The summed E-state index contributed by atoms with van der Waals surface area (Å²) in [4.78, 5) is 4.31. The molecule has 2 aliphatic rings. The van der Waals surface area contributed by atoms with E-state index in [4.69, 9.17) is 4.42 Å². The molecule has 3 heterocycles. The second kappa shape index (κ2) is 8.71. The average Bonchev–Trinajstić information content (AvgIpc) is 3.50. The summed E-state index contributed by atoms with van der Waals surface area (Å²) >= 11 is 0. The number of nitrogens with one attached hydrogen (secondary N) is 2. The predicted octanol–water partition coefficient (Wildman–Crippen LogP) is 3.94. The maximum absolute atomic E-state index is 12.3. The molecule has 0 spiro atoms. The fourth-order valence-electron chi connectivity index (χ4n) is 4.86. The van der Waals surface area contributed by atoms with Crippen molar-refractivity contribution in [3.05, 3.63) is 58.9 Å². The van der Waals surface area contributed by atoms with Gasteiger partial charge in [-0.2, -0.15) is 5.10 Å². The van der Waals surface area contributed by atoms with Crippen molar-refractivity contribution in [1.29, 1.82) is 0 Å². The molecule has 32 heavy (non-hydrogen) atoms. The summed E-state index contributed by atoms with van der Waals surface area (Å²) in [7, 11) is -3.06. The highest BCUT2D eigenvalue weighted by Gasteiger charge is 2.31. The Morgan fingerprint density at radius 3 is 2.88 bits per heavy atom. The van der Waals surface area contributed by atoms with Crippen LogP contribution in [0, 0.1) is 0 Å². The van der Waals surface area contributed by atoms with Gasteiger partial charge in [0.2, 0.25) is 0 Å². The number of nitrogens with zero attached hydrogens (tertiary/aromatic N) is 2. The molecule has 8 nitrogen and oxygen atoms in total. The molecular weight excluding hydrogens is 428 g/mol. The fraction of sp³-hybridized carbons (Fsp3) is 0.478. The van der Waals surface area contributed by atoms with Gasteiger partial charge in [0.15, 0.2) is 21.5 Å². The highest BCUT2D eigenvalue weighted by Crippen LogP contribution is 2.43. The Balaban J connectivity index is 1.27. The van der Waals surface area contributed by atoms with Crippen LogP contribution in [0.5, 0.6) is 0 Å². The van der Waals surface area contributed by atoms with E-state index in [1.165, 1.54) is 0 Å². The largest absolute Gasteiger partial charge is 0.443 e. The minimum Gasteiger partial charge on any atom is -0.443 e. The number of benzene rings is 1. The molecular formula is C23H28N4O4S. The quantitative estimate of drug-likeness (QED) is 0.532. The van der Waals surface area contributed by atoms with E-state index in [0.717, 1.165) is 66.9 Å². The lowest BCUT2D eigenvalue weighted by atomic mass is 10.0. The summed E-state index contributed by atoms with van der Waals surface area (Å²) in [5.74, 6) is 2.88. The van der Waals surface area contributed by atoms with E-state index < -0.39 is 9.84 Å². The zero-order chi connectivity index (χ0) is 22.1. The minimum absolute atomic E-state index is 0.103. The molecule has 9 heteroatoms. The van der Waals surface area contributed by atoms with E-state index in [-0.39, 0.29) is 24.0 Å². The number of aromatic amines is 1. The van der Waals surface area contributed by atoms with Crippen LogP contribution >= 0.6 is 0 Å². The summed E-state index contributed by atoms with van der Waals surface area (Å²) in [5.41, 5.74) is 3.92. The van der Waals surface area contributed by atoms with Gasteiger partial charge in [0, 0.05) is 29.3 Å². The molecule has 0 saturated heterocycles. The van der Waals surface area contributed by atoms with Gasteiger partial charge in [-0.25, -0.2) is 13.4 Å². The van der Waals surface area contributed by atoms with Crippen LogP contribution in [0.3, 0.4) is 0 Å². The van der Waals surface area contributed by atoms with Crippen molar-refractivity contribution in [3.63, 3.8) is 0 Å². The molecule has 1 aliphatic carbocycles. The summed E-state index contributed by atoms with van der Waals surface area (Å²) in [5, 5.41) is 20.1.